The third-order valence-electron chi connectivity index (χ3n) is 2.40. The van der Waals surface area contributed by atoms with Gasteiger partial charge in [-0.2, -0.15) is 0 Å². The summed E-state index contributed by atoms with van der Waals surface area (Å²) in [6.45, 7) is 3.46. The molecule has 0 saturated carbocycles. The quantitative estimate of drug-likeness (QED) is 0.487. The highest BCUT2D eigenvalue weighted by Crippen LogP contribution is 2.16. The minimum atomic E-state index is -0.846. The topological polar surface area (TPSA) is 112 Å². The molecule has 0 unspecified atom stereocenters. The lowest BCUT2D eigenvalue weighted by atomic mass is 10.0. The van der Waals surface area contributed by atoms with Gasteiger partial charge in [-0.05, 0) is 12.0 Å². The average Bonchev–Trinajstić information content (AvgIpc) is 2.84. The van der Waals surface area contributed by atoms with Crippen LogP contribution in [0.15, 0.2) is 16.5 Å². The molecule has 0 aliphatic rings. The maximum absolute atomic E-state index is 11.8. The molecule has 1 heterocycles. The van der Waals surface area contributed by atoms with Gasteiger partial charge in [0.1, 0.15) is 11.0 Å². The maximum Gasteiger partial charge on any atom is 0.433 e. The molecule has 104 valence electrons. The van der Waals surface area contributed by atoms with Gasteiger partial charge < -0.3 is 14.5 Å². The molecule has 1 aromatic heterocycles. The zero-order chi connectivity index (χ0) is 14.6. The van der Waals surface area contributed by atoms with E-state index in [9.17, 15) is 19.7 Å². The molecule has 0 aliphatic carbocycles. The van der Waals surface area contributed by atoms with Crippen LogP contribution in [0.25, 0.3) is 0 Å². The van der Waals surface area contributed by atoms with E-state index in [1.54, 1.807) is 13.8 Å². The monoisotopic (exact) mass is 270 g/mol. The van der Waals surface area contributed by atoms with E-state index in [1.807, 2.05) is 0 Å². The van der Waals surface area contributed by atoms with E-state index in [0.29, 0.717) is 0 Å². The van der Waals surface area contributed by atoms with E-state index in [4.69, 9.17) is 4.42 Å². The van der Waals surface area contributed by atoms with Crippen LogP contribution in [0.5, 0.6) is 0 Å². The van der Waals surface area contributed by atoms with Crippen LogP contribution in [0, 0.1) is 16.0 Å². The van der Waals surface area contributed by atoms with Gasteiger partial charge in [0, 0.05) is 0 Å². The van der Waals surface area contributed by atoms with Crippen LogP contribution in [-0.2, 0) is 9.53 Å². The van der Waals surface area contributed by atoms with Crippen molar-refractivity contribution in [1.29, 1.82) is 0 Å². The number of ether oxygens (including phenoxy) is 1. The van der Waals surface area contributed by atoms with Crippen LogP contribution in [0.3, 0.4) is 0 Å². The van der Waals surface area contributed by atoms with Crippen LogP contribution >= 0.6 is 0 Å². The highest BCUT2D eigenvalue weighted by molar-refractivity contribution is 5.94. The number of hydrogen-bond donors (Lipinski definition) is 1. The summed E-state index contributed by atoms with van der Waals surface area (Å²) in [6.07, 6.45) is 0. The summed E-state index contributed by atoms with van der Waals surface area (Å²) in [5.41, 5.74) is 0. The standard InChI is InChI=1S/C11H14N2O6/c1-6(2)9(11(15)18-3)12-10(14)7-4-5-8(19-7)13(16)17/h4-6,9H,1-3H3,(H,12,14)/t9-/m1/s1. The Labute approximate surface area is 108 Å². The normalized spacial score (nSPS) is 12.0. The Morgan fingerprint density at radius 2 is 2.05 bits per heavy atom. The first-order valence-electron chi connectivity index (χ1n) is 5.49. The smallest absolute Gasteiger partial charge is 0.433 e. The number of nitrogens with zero attached hydrogens (tertiary/aromatic N) is 1. The van der Waals surface area contributed by atoms with Gasteiger partial charge in [0.15, 0.2) is 5.76 Å². The fraction of sp³-hybridized carbons (Fsp3) is 0.455. The number of esters is 1. The van der Waals surface area contributed by atoms with Gasteiger partial charge in [0.2, 0.25) is 0 Å². The molecule has 8 nitrogen and oxygen atoms in total. The molecule has 0 aliphatic heterocycles. The second-order valence-corrected chi connectivity index (χ2v) is 4.11. The van der Waals surface area contributed by atoms with Crippen molar-refractivity contribution in [2.24, 2.45) is 5.92 Å². The van der Waals surface area contributed by atoms with Gasteiger partial charge in [-0.1, -0.05) is 13.8 Å². The molecule has 0 spiro atoms. The molecular weight excluding hydrogens is 256 g/mol. The Hall–Kier alpha value is -2.38. The summed E-state index contributed by atoms with van der Waals surface area (Å²) in [6, 6.07) is 1.39. The Kier molecular flexibility index (Phi) is 4.62. The van der Waals surface area contributed by atoms with E-state index in [2.05, 4.69) is 10.1 Å². The van der Waals surface area contributed by atoms with Crippen LogP contribution in [0.2, 0.25) is 0 Å². The molecule has 0 radical (unpaired) electrons. The number of carbonyl (C=O) groups is 2. The number of amides is 1. The highest BCUT2D eigenvalue weighted by Gasteiger charge is 2.27. The van der Waals surface area contributed by atoms with Crippen molar-refractivity contribution in [1.82, 2.24) is 5.32 Å². The fourth-order valence-electron chi connectivity index (χ4n) is 1.38. The van der Waals surface area contributed by atoms with E-state index < -0.39 is 28.7 Å². The largest absolute Gasteiger partial charge is 0.467 e. The molecular formula is C11H14N2O6. The number of carbonyl (C=O) groups excluding carboxylic acids is 2. The van der Waals surface area contributed by atoms with Gasteiger partial charge in [-0.3, -0.25) is 14.9 Å². The fourth-order valence-corrected chi connectivity index (χ4v) is 1.38. The predicted octanol–water partition coefficient (Wildman–Crippen LogP) is 1.12. The lowest BCUT2D eigenvalue weighted by Crippen LogP contribution is -2.44. The SMILES string of the molecule is COC(=O)[C@H](NC(=O)c1ccc([N+](=O)[O-])o1)C(C)C. The second-order valence-electron chi connectivity index (χ2n) is 4.11. The molecule has 0 aromatic carbocycles. The first-order valence-corrected chi connectivity index (χ1v) is 5.49. The van der Waals surface area contributed by atoms with Crippen LogP contribution in [0.1, 0.15) is 24.4 Å². The molecule has 0 bridgehead atoms. The zero-order valence-electron chi connectivity index (χ0n) is 10.7. The Bertz CT molecular complexity index is 493. The minimum Gasteiger partial charge on any atom is -0.467 e. The summed E-state index contributed by atoms with van der Waals surface area (Å²) in [5, 5.41) is 12.8. The molecule has 19 heavy (non-hydrogen) atoms. The van der Waals surface area contributed by atoms with E-state index in [1.165, 1.54) is 13.2 Å². The van der Waals surface area contributed by atoms with Crippen molar-refractivity contribution in [3.8, 4) is 0 Å². The Morgan fingerprint density at radius 1 is 1.42 bits per heavy atom. The van der Waals surface area contributed by atoms with Crippen molar-refractivity contribution < 1.29 is 23.7 Å². The number of methoxy groups -OCH3 is 1. The van der Waals surface area contributed by atoms with Crippen molar-refractivity contribution >= 4 is 17.8 Å². The van der Waals surface area contributed by atoms with Crippen LogP contribution in [0.4, 0.5) is 5.88 Å². The number of hydrogen-bond acceptors (Lipinski definition) is 6. The molecule has 8 heteroatoms. The average molecular weight is 270 g/mol. The molecule has 1 N–H and O–H groups in total. The second kappa shape index (κ2) is 5.98. The van der Waals surface area contributed by atoms with Gasteiger partial charge in [0.05, 0.1) is 13.2 Å². The summed E-state index contributed by atoms with van der Waals surface area (Å²) in [4.78, 5) is 32.9. The molecule has 1 aromatic rings. The summed E-state index contributed by atoms with van der Waals surface area (Å²) < 4.78 is 9.30. The first-order chi connectivity index (χ1) is 8.86. The van der Waals surface area contributed by atoms with E-state index >= 15 is 0 Å². The number of nitrogens with one attached hydrogen (secondary N) is 1. The minimum absolute atomic E-state index is 0.193. The third kappa shape index (κ3) is 3.54. The van der Waals surface area contributed by atoms with E-state index in [0.717, 1.165) is 6.07 Å². The molecule has 1 atom stereocenters. The van der Waals surface area contributed by atoms with Crippen molar-refractivity contribution in [3.63, 3.8) is 0 Å². The summed E-state index contributed by atoms with van der Waals surface area (Å²) in [7, 11) is 1.21. The summed E-state index contributed by atoms with van der Waals surface area (Å²) >= 11 is 0. The number of furan rings is 1. The summed E-state index contributed by atoms with van der Waals surface area (Å²) in [5.74, 6) is -2.27. The molecule has 1 amide bonds. The Balaban J connectivity index is 2.81. The van der Waals surface area contributed by atoms with Crippen molar-refractivity contribution in [2.45, 2.75) is 19.9 Å². The maximum atomic E-state index is 11.8. The van der Waals surface area contributed by atoms with E-state index in [-0.39, 0.29) is 11.7 Å². The van der Waals surface area contributed by atoms with Crippen molar-refractivity contribution in [2.75, 3.05) is 7.11 Å². The predicted molar refractivity (Wildman–Crippen MR) is 63.5 cm³/mol. The Morgan fingerprint density at radius 3 is 2.47 bits per heavy atom. The molecule has 0 saturated heterocycles. The van der Waals surface area contributed by atoms with Gasteiger partial charge in [0.25, 0.3) is 5.91 Å². The van der Waals surface area contributed by atoms with Gasteiger partial charge in [-0.15, -0.1) is 0 Å². The third-order valence-corrected chi connectivity index (χ3v) is 2.40. The highest BCUT2D eigenvalue weighted by atomic mass is 16.6. The van der Waals surface area contributed by atoms with Gasteiger partial charge in [-0.25, -0.2) is 4.79 Å². The lowest BCUT2D eigenvalue weighted by Gasteiger charge is -2.18. The molecule has 1 rings (SSSR count). The van der Waals surface area contributed by atoms with Gasteiger partial charge >= 0.3 is 11.9 Å². The number of nitro groups is 1. The lowest BCUT2D eigenvalue weighted by molar-refractivity contribution is -0.402. The zero-order valence-corrected chi connectivity index (χ0v) is 10.7. The first kappa shape index (κ1) is 14.7. The molecule has 0 fully saturated rings. The number of rotatable bonds is 5. The van der Waals surface area contributed by atoms with Crippen LogP contribution < -0.4 is 5.32 Å². The van der Waals surface area contributed by atoms with Crippen molar-refractivity contribution in [3.05, 3.63) is 28.0 Å². The van der Waals surface area contributed by atoms with Crippen LogP contribution in [-0.4, -0.2) is 30.0 Å².